The summed E-state index contributed by atoms with van der Waals surface area (Å²) in [6, 6.07) is 0. The Hall–Kier alpha value is -2.81. The quantitative estimate of drug-likeness (QED) is 0.0377. The van der Waals surface area contributed by atoms with Gasteiger partial charge in [-0.15, -0.1) is 0 Å². The lowest BCUT2D eigenvalue weighted by molar-refractivity contribution is -0.144. The van der Waals surface area contributed by atoms with Gasteiger partial charge in [0.25, 0.3) is 0 Å². The molecule has 0 aromatic carbocycles. The number of carbonyl (C=O) groups is 5. The minimum absolute atomic E-state index is 0.0454. The largest absolute Gasteiger partial charge is 0.481 e. The molecule has 3 amide bonds. The number of hydrogen-bond donors (Lipinski definition) is 6. The SMILES string of the molecule is CCCCCCCCCCCOC(=O)CCCCCN(CCCCCCCC(=O)O)CC(O)CCCCNC(=O)CNCCNC(=O)CN(CCN)C(C)=O. The molecule has 1 unspecified atom stereocenters. The lowest BCUT2D eigenvalue weighted by Gasteiger charge is -2.25. The van der Waals surface area contributed by atoms with E-state index in [1.165, 1.54) is 56.8 Å². The minimum Gasteiger partial charge on any atom is -0.481 e. The average molecular weight is 785 g/mol. The molecule has 0 fully saturated rings. The van der Waals surface area contributed by atoms with Crippen LogP contribution >= 0.6 is 0 Å². The summed E-state index contributed by atoms with van der Waals surface area (Å²) in [6.07, 6.45) is 20.8. The normalized spacial score (nSPS) is 11.7. The third-order valence-electron chi connectivity index (χ3n) is 9.57. The molecule has 0 aliphatic carbocycles. The fraction of sp³-hybridized carbons (Fsp3) is 0.878. The van der Waals surface area contributed by atoms with Gasteiger partial charge >= 0.3 is 11.9 Å². The van der Waals surface area contributed by atoms with Gasteiger partial charge in [0.2, 0.25) is 17.7 Å². The molecule has 0 rings (SSSR count). The average Bonchev–Trinajstić information content (AvgIpc) is 3.14. The smallest absolute Gasteiger partial charge is 0.305 e. The van der Waals surface area contributed by atoms with E-state index < -0.39 is 12.1 Å². The standard InChI is InChI=1S/C41H80N6O8/c1-3-4-5-6-7-8-9-13-21-32-55-41(54)24-16-14-20-30-46(29-19-12-10-11-15-23-40(52)53)34-37(49)22-17-18-26-44-38(50)33-43-27-28-45-39(51)35-47(31-25-42)36(2)48/h37,43,49H,3-35,42H2,1-2H3,(H,44,50)(H,45,51)(H,52,53). The molecule has 0 saturated heterocycles. The second kappa shape index (κ2) is 38.1. The third-order valence-corrected chi connectivity index (χ3v) is 9.57. The molecule has 0 aliphatic heterocycles. The molecule has 0 aliphatic rings. The molecule has 0 radical (unpaired) electrons. The summed E-state index contributed by atoms with van der Waals surface area (Å²) < 4.78 is 5.44. The topological polar surface area (TPSA) is 204 Å². The fourth-order valence-corrected chi connectivity index (χ4v) is 6.30. The number of ether oxygens (including phenoxy) is 1. The zero-order valence-electron chi connectivity index (χ0n) is 34.7. The molecule has 0 heterocycles. The van der Waals surface area contributed by atoms with Crippen LogP contribution in [0.5, 0.6) is 0 Å². The Balaban J connectivity index is 4.25. The molecule has 0 spiro atoms. The van der Waals surface area contributed by atoms with Gasteiger partial charge in [0.15, 0.2) is 0 Å². The van der Waals surface area contributed by atoms with Gasteiger partial charge in [-0.05, 0) is 64.5 Å². The summed E-state index contributed by atoms with van der Waals surface area (Å²) in [5, 5.41) is 28.2. The van der Waals surface area contributed by atoms with Gasteiger partial charge in [0.05, 0.1) is 25.8 Å². The van der Waals surface area contributed by atoms with E-state index in [-0.39, 0.29) is 49.7 Å². The summed E-state index contributed by atoms with van der Waals surface area (Å²) in [5.74, 6) is -1.49. The maximum absolute atomic E-state index is 12.2. The van der Waals surface area contributed by atoms with Crippen molar-refractivity contribution in [3.8, 4) is 0 Å². The van der Waals surface area contributed by atoms with E-state index in [2.05, 4.69) is 27.8 Å². The number of unbranched alkanes of at least 4 members (excludes halogenated alkanes) is 15. The molecule has 1 atom stereocenters. The number of rotatable bonds is 40. The molecule has 55 heavy (non-hydrogen) atoms. The highest BCUT2D eigenvalue weighted by Crippen LogP contribution is 2.12. The Morgan fingerprint density at radius 1 is 0.673 bits per heavy atom. The summed E-state index contributed by atoms with van der Waals surface area (Å²) >= 11 is 0. The van der Waals surface area contributed by atoms with Crippen molar-refractivity contribution in [3.05, 3.63) is 0 Å². The van der Waals surface area contributed by atoms with Crippen LogP contribution in [0.4, 0.5) is 0 Å². The van der Waals surface area contributed by atoms with Crippen LogP contribution in [0.25, 0.3) is 0 Å². The molecule has 14 heteroatoms. The summed E-state index contributed by atoms with van der Waals surface area (Å²) in [6.45, 7) is 8.38. The number of carboxylic acid groups (broad SMARTS) is 1. The lowest BCUT2D eigenvalue weighted by atomic mass is 10.1. The number of nitrogens with zero attached hydrogens (tertiary/aromatic N) is 2. The summed E-state index contributed by atoms with van der Waals surface area (Å²) in [5.41, 5.74) is 5.47. The second-order valence-electron chi connectivity index (χ2n) is 14.8. The maximum Gasteiger partial charge on any atom is 0.305 e. The van der Waals surface area contributed by atoms with E-state index >= 15 is 0 Å². The van der Waals surface area contributed by atoms with E-state index in [9.17, 15) is 29.1 Å². The van der Waals surface area contributed by atoms with E-state index in [1.807, 2.05) is 0 Å². The second-order valence-corrected chi connectivity index (χ2v) is 14.8. The van der Waals surface area contributed by atoms with Gasteiger partial charge in [0.1, 0.15) is 0 Å². The molecule has 0 bridgehead atoms. The van der Waals surface area contributed by atoms with Crippen molar-refractivity contribution >= 4 is 29.7 Å². The van der Waals surface area contributed by atoms with Crippen molar-refractivity contribution in [1.82, 2.24) is 25.8 Å². The number of amides is 3. The van der Waals surface area contributed by atoms with Gasteiger partial charge in [-0.1, -0.05) is 84.0 Å². The van der Waals surface area contributed by atoms with Crippen LogP contribution < -0.4 is 21.7 Å². The fourth-order valence-electron chi connectivity index (χ4n) is 6.30. The maximum atomic E-state index is 12.2. The first-order valence-corrected chi connectivity index (χ1v) is 21.6. The number of carbonyl (C=O) groups excluding carboxylic acids is 4. The van der Waals surface area contributed by atoms with Crippen LogP contribution in [0, 0.1) is 0 Å². The number of aliphatic hydroxyl groups is 1. The molecular formula is C41H80N6O8. The van der Waals surface area contributed by atoms with Crippen molar-refractivity contribution in [2.24, 2.45) is 5.73 Å². The molecule has 0 aromatic rings. The number of esters is 1. The third kappa shape index (κ3) is 36.6. The van der Waals surface area contributed by atoms with Gasteiger partial charge < -0.3 is 46.4 Å². The number of carboxylic acids is 1. The first kappa shape index (κ1) is 52.2. The summed E-state index contributed by atoms with van der Waals surface area (Å²) in [4.78, 5) is 62.3. The van der Waals surface area contributed by atoms with E-state index in [0.717, 1.165) is 83.7 Å². The predicted octanol–water partition coefficient (Wildman–Crippen LogP) is 4.51. The predicted molar refractivity (Wildman–Crippen MR) is 218 cm³/mol. The van der Waals surface area contributed by atoms with E-state index in [1.54, 1.807) is 0 Å². The highest BCUT2D eigenvalue weighted by Gasteiger charge is 2.14. The van der Waals surface area contributed by atoms with Crippen LogP contribution in [-0.4, -0.2) is 128 Å². The van der Waals surface area contributed by atoms with Crippen molar-refractivity contribution in [3.63, 3.8) is 0 Å². The molecular weight excluding hydrogens is 704 g/mol. The number of aliphatic hydroxyl groups excluding tert-OH is 1. The Morgan fingerprint density at radius 2 is 1.25 bits per heavy atom. The molecule has 7 N–H and O–H groups in total. The van der Waals surface area contributed by atoms with Crippen molar-refractivity contribution in [2.75, 3.05) is 72.1 Å². The van der Waals surface area contributed by atoms with E-state index in [4.69, 9.17) is 15.6 Å². The molecule has 0 saturated carbocycles. The number of aliphatic carboxylic acids is 1. The Kier molecular flexibility index (Phi) is 36.1. The molecule has 322 valence electrons. The van der Waals surface area contributed by atoms with Gasteiger partial charge in [-0.3, -0.25) is 24.0 Å². The molecule has 0 aromatic heterocycles. The Bertz CT molecular complexity index is 988. The zero-order valence-corrected chi connectivity index (χ0v) is 34.7. The first-order valence-electron chi connectivity index (χ1n) is 21.6. The number of nitrogens with two attached hydrogens (primary N) is 1. The van der Waals surface area contributed by atoms with Crippen LogP contribution in [0.15, 0.2) is 0 Å². The van der Waals surface area contributed by atoms with Crippen LogP contribution in [0.1, 0.15) is 155 Å². The summed E-state index contributed by atoms with van der Waals surface area (Å²) in [7, 11) is 0. The first-order chi connectivity index (χ1) is 26.6. The number of hydrogen-bond acceptors (Lipinski definition) is 10. The van der Waals surface area contributed by atoms with E-state index in [0.29, 0.717) is 58.6 Å². The monoisotopic (exact) mass is 785 g/mol. The highest BCUT2D eigenvalue weighted by atomic mass is 16.5. The van der Waals surface area contributed by atoms with Crippen LogP contribution in [0.3, 0.4) is 0 Å². The lowest BCUT2D eigenvalue weighted by Crippen LogP contribution is -2.44. The highest BCUT2D eigenvalue weighted by molar-refractivity contribution is 5.83. The zero-order chi connectivity index (χ0) is 40.8. The van der Waals surface area contributed by atoms with Crippen molar-refractivity contribution in [2.45, 2.75) is 161 Å². The van der Waals surface area contributed by atoms with Gasteiger partial charge in [-0.2, -0.15) is 0 Å². The minimum atomic E-state index is -0.749. The van der Waals surface area contributed by atoms with Crippen LogP contribution in [0.2, 0.25) is 0 Å². The van der Waals surface area contributed by atoms with Gasteiger partial charge in [0, 0.05) is 59.0 Å². The van der Waals surface area contributed by atoms with Crippen molar-refractivity contribution < 1.29 is 38.9 Å². The number of nitrogens with one attached hydrogen (secondary N) is 3. The Labute approximate surface area is 332 Å². The van der Waals surface area contributed by atoms with Gasteiger partial charge in [-0.25, -0.2) is 0 Å². The molecule has 14 nitrogen and oxygen atoms in total. The van der Waals surface area contributed by atoms with Crippen LogP contribution in [-0.2, 0) is 28.7 Å². The Morgan fingerprint density at radius 3 is 1.89 bits per heavy atom. The van der Waals surface area contributed by atoms with Crippen molar-refractivity contribution in [1.29, 1.82) is 0 Å².